The average Bonchev–Trinajstić information content (AvgIpc) is 2.24. The van der Waals surface area contributed by atoms with E-state index in [0.717, 1.165) is 32.1 Å². The van der Waals surface area contributed by atoms with Crippen LogP contribution in [-0.4, -0.2) is 37.5 Å². The summed E-state index contributed by atoms with van der Waals surface area (Å²) in [4.78, 5) is 2.27. The Hall–Kier alpha value is -0.510. The molecule has 0 unspecified atom stereocenters. The van der Waals surface area contributed by atoms with Crippen LogP contribution in [0.5, 0.6) is 0 Å². The normalized spacial score (nSPS) is 11.0. The van der Waals surface area contributed by atoms with Gasteiger partial charge in [0.1, 0.15) is 0 Å². The van der Waals surface area contributed by atoms with Crippen molar-refractivity contribution in [2.75, 3.05) is 32.6 Å². The number of hydrogen-bond acceptors (Lipinski definition) is 3. The third-order valence-electron chi connectivity index (χ3n) is 2.39. The lowest BCUT2D eigenvalue weighted by Crippen LogP contribution is -2.23. The fourth-order valence-electron chi connectivity index (χ4n) is 1.59. The number of likely N-dealkylation sites (N-methyl/N-ethyl adjacent to an activating group) is 1. The van der Waals surface area contributed by atoms with Crippen molar-refractivity contribution in [3.8, 4) is 0 Å². The van der Waals surface area contributed by atoms with Gasteiger partial charge in [-0.3, -0.25) is 4.90 Å². The number of hydrogen-bond donors (Lipinski definition) is 1. The molecule has 0 aliphatic carbocycles. The SMILES string of the molecule is Cc1cccc(CN(C)CCOCCS)c1. The predicted octanol–water partition coefficient (Wildman–Crippen LogP) is 2.37. The van der Waals surface area contributed by atoms with E-state index in [2.05, 4.69) is 55.8 Å². The number of benzene rings is 1. The van der Waals surface area contributed by atoms with Crippen molar-refractivity contribution < 1.29 is 4.74 Å². The number of nitrogens with zero attached hydrogens (tertiary/aromatic N) is 1. The lowest BCUT2D eigenvalue weighted by molar-refractivity contribution is 0.122. The second-order valence-electron chi connectivity index (χ2n) is 4.06. The van der Waals surface area contributed by atoms with Crippen LogP contribution < -0.4 is 0 Å². The van der Waals surface area contributed by atoms with Crippen LogP contribution in [0.25, 0.3) is 0 Å². The minimum absolute atomic E-state index is 0.737. The van der Waals surface area contributed by atoms with Gasteiger partial charge in [0.15, 0.2) is 0 Å². The Morgan fingerprint density at radius 2 is 2.12 bits per heavy atom. The Balaban J connectivity index is 2.25. The van der Waals surface area contributed by atoms with Gasteiger partial charge in [0, 0.05) is 18.8 Å². The third kappa shape index (κ3) is 5.54. The van der Waals surface area contributed by atoms with Gasteiger partial charge in [-0.05, 0) is 19.5 Å². The number of ether oxygens (including phenoxy) is 1. The van der Waals surface area contributed by atoms with Crippen LogP contribution in [0.2, 0.25) is 0 Å². The van der Waals surface area contributed by atoms with Gasteiger partial charge in [-0.25, -0.2) is 0 Å². The van der Waals surface area contributed by atoms with Crippen molar-refractivity contribution >= 4 is 12.6 Å². The molecule has 0 bridgehead atoms. The molecule has 0 aromatic heterocycles. The summed E-state index contributed by atoms with van der Waals surface area (Å²) in [5.74, 6) is 0.793. The van der Waals surface area contributed by atoms with Crippen LogP contribution in [0.3, 0.4) is 0 Å². The first-order chi connectivity index (χ1) is 7.72. The fourth-order valence-corrected chi connectivity index (χ4v) is 1.72. The van der Waals surface area contributed by atoms with Gasteiger partial charge in [0.05, 0.1) is 13.2 Å². The van der Waals surface area contributed by atoms with Crippen molar-refractivity contribution in [1.29, 1.82) is 0 Å². The van der Waals surface area contributed by atoms with E-state index in [-0.39, 0.29) is 0 Å². The molecule has 0 saturated carbocycles. The van der Waals surface area contributed by atoms with Gasteiger partial charge >= 0.3 is 0 Å². The van der Waals surface area contributed by atoms with Crippen molar-refractivity contribution in [3.05, 3.63) is 35.4 Å². The summed E-state index contributed by atoms with van der Waals surface area (Å²) in [5, 5.41) is 0. The second-order valence-corrected chi connectivity index (χ2v) is 4.51. The lowest BCUT2D eigenvalue weighted by atomic mass is 10.1. The molecule has 0 radical (unpaired) electrons. The topological polar surface area (TPSA) is 12.5 Å². The van der Waals surface area contributed by atoms with Crippen LogP contribution in [0.1, 0.15) is 11.1 Å². The first-order valence-corrected chi connectivity index (χ1v) is 6.28. The number of thiol groups is 1. The van der Waals surface area contributed by atoms with E-state index < -0.39 is 0 Å². The van der Waals surface area contributed by atoms with Crippen LogP contribution in [0.15, 0.2) is 24.3 Å². The molecule has 1 rings (SSSR count). The van der Waals surface area contributed by atoms with Gasteiger partial charge in [-0.2, -0.15) is 12.6 Å². The molecule has 2 nitrogen and oxygen atoms in total. The molecule has 0 atom stereocenters. The predicted molar refractivity (Wildman–Crippen MR) is 72.2 cm³/mol. The maximum Gasteiger partial charge on any atom is 0.0593 e. The molecule has 0 heterocycles. The highest BCUT2D eigenvalue weighted by Crippen LogP contribution is 2.06. The molecule has 0 aliphatic heterocycles. The molecule has 0 saturated heterocycles. The zero-order chi connectivity index (χ0) is 11.8. The van der Waals surface area contributed by atoms with Crippen LogP contribution in [-0.2, 0) is 11.3 Å². The third-order valence-corrected chi connectivity index (χ3v) is 2.57. The molecule has 1 aromatic carbocycles. The highest BCUT2D eigenvalue weighted by Gasteiger charge is 2.00. The maximum atomic E-state index is 5.40. The molecule has 0 spiro atoms. The Kier molecular flexibility index (Phi) is 6.53. The minimum atomic E-state index is 0.737. The molecule has 3 heteroatoms. The van der Waals surface area contributed by atoms with Gasteiger partial charge in [-0.15, -0.1) is 0 Å². The second kappa shape index (κ2) is 7.71. The minimum Gasteiger partial charge on any atom is -0.379 e. The number of aryl methyl sites for hydroxylation is 1. The smallest absolute Gasteiger partial charge is 0.0593 e. The summed E-state index contributed by atoms with van der Waals surface area (Å²) >= 11 is 4.10. The summed E-state index contributed by atoms with van der Waals surface area (Å²) in [6.07, 6.45) is 0. The molecule has 0 amide bonds. The highest BCUT2D eigenvalue weighted by atomic mass is 32.1. The maximum absolute atomic E-state index is 5.40. The van der Waals surface area contributed by atoms with E-state index >= 15 is 0 Å². The Morgan fingerprint density at radius 3 is 2.81 bits per heavy atom. The Morgan fingerprint density at radius 1 is 1.31 bits per heavy atom. The Bertz CT molecular complexity index is 304. The molecular formula is C13H21NOS. The zero-order valence-electron chi connectivity index (χ0n) is 10.1. The van der Waals surface area contributed by atoms with E-state index in [1.54, 1.807) is 0 Å². The molecule has 0 fully saturated rings. The molecule has 1 aromatic rings. The van der Waals surface area contributed by atoms with E-state index in [1.807, 2.05) is 0 Å². The van der Waals surface area contributed by atoms with Crippen molar-refractivity contribution in [2.45, 2.75) is 13.5 Å². The number of rotatable bonds is 7. The fraction of sp³-hybridized carbons (Fsp3) is 0.538. The monoisotopic (exact) mass is 239 g/mol. The summed E-state index contributed by atoms with van der Waals surface area (Å²) in [6, 6.07) is 8.62. The van der Waals surface area contributed by atoms with Gasteiger partial charge in [0.2, 0.25) is 0 Å². The van der Waals surface area contributed by atoms with Crippen molar-refractivity contribution in [1.82, 2.24) is 4.90 Å². The summed E-state index contributed by atoms with van der Waals surface area (Å²) < 4.78 is 5.40. The quantitative estimate of drug-likeness (QED) is 0.579. The standard InChI is InChI=1S/C13H21NOS/c1-12-4-3-5-13(10-12)11-14(2)6-7-15-8-9-16/h3-5,10,16H,6-9,11H2,1-2H3. The molecule has 16 heavy (non-hydrogen) atoms. The van der Waals surface area contributed by atoms with Gasteiger partial charge in [0.25, 0.3) is 0 Å². The highest BCUT2D eigenvalue weighted by molar-refractivity contribution is 7.80. The molecule has 0 N–H and O–H groups in total. The van der Waals surface area contributed by atoms with Crippen molar-refractivity contribution in [3.63, 3.8) is 0 Å². The van der Waals surface area contributed by atoms with E-state index in [4.69, 9.17) is 4.74 Å². The van der Waals surface area contributed by atoms with Crippen LogP contribution >= 0.6 is 12.6 Å². The lowest BCUT2D eigenvalue weighted by Gasteiger charge is -2.16. The molecule has 0 aliphatic rings. The average molecular weight is 239 g/mol. The first-order valence-electron chi connectivity index (χ1n) is 5.65. The van der Waals surface area contributed by atoms with Crippen LogP contribution in [0.4, 0.5) is 0 Å². The van der Waals surface area contributed by atoms with E-state index in [9.17, 15) is 0 Å². The van der Waals surface area contributed by atoms with Gasteiger partial charge < -0.3 is 4.74 Å². The van der Waals surface area contributed by atoms with E-state index in [0.29, 0.717) is 0 Å². The summed E-state index contributed by atoms with van der Waals surface area (Å²) in [7, 11) is 2.12. The molecule has 90 valence electrons. The summed E-state index contributed by atoms with van der Waals surface area (Å²) in [5.41, 5.74) is 2.67. The Labute approximate surface area is 104 Å². The van der Waals surface area contributed by atoms with Crippen LogP contribution in [0, 0.1) is 6.92 Å². The first kappa shape index (κ1) is 13.6. The van der Waals surface area contributed by atoms with Gasteiger partial charge in [-0.1, -0.05) is 29.8 Å². The zero-order valence-corrected chi connectivity index (χ0v) is 11.0. The summed E-state index contributed by atoms with van der Waals surface area (Å²) in [6.45, 7) is 5.58. The largest absolute Gasteiger partial charge is 0.379 e. The van der Waals surface area contributed by atoms with Crippen molar-refractivity contribution in [2.24, 2.45) is 0 Å². The van der Waals surface area contributed by atoms with E-state index in [1.165, 1.54) is 11.1 Å². The molecular weight excluding hydrogens is 218 g/mol.